The number of hydrogen-bond donors (Lipinski definition) is 1. The first-order chi connectivity index (χ1) is 9.30. The summed E-state index contributed by atoms with van der Waals surface area (Å²) in [4.78, 5) is 13.7. The molecule has 8 heteroatoms. The van der Waals surface area contributed by atoms with Crippen LogP contribution >= 0.6 is 11.3 Å². The van der Waals surface area contributed by atoms with Crippen LogP contribution in [0.1, 0.15) is 13.8 Å². The number of rotatable bonds is 4. The summed E-state index contributed by atoms with van der Waals surface area (Å²) in [6.07, 6.45) is 0. The lowest BCUT2D eigenvalue weighted by atomic mass is 10.1. The summed E-state index contributed by atoms with van der Waals surface area (Å²) in [5.74, 6) is -0.235. The highest BCUT2D eigenvalue weighted by Gasteiger charge is 2.30. The zero-order chi connectivity index (χ0) is 14.8. The van der Waals surface area contributed by atoms with Gasteiger partial charge >= 0.3 is 0 Å². The summed E-state index contributed by atoms with van der Waals surface area (Å²) >= 11 is 1.12. The molecule has 0 aromatic carbocycles. The third-order valence-electron chi connectivity index (χ3n) is 2.95. The van der Waals surface area contributed by atoms with Crippen molar-refractivity contribution in [3.63, 3.8) is 0 Å². The molecule has 0 aliphatic carbocycles. The predicted octanol–water partition coefficient (Wildman–Crippen LogP) is 0.664. The molecule has 1 amide bonds. The molecule has 0 unspecified atom stereocenters. The van der Waals surface area contributed by atoms with E-state index in [9.17, 15) is 13.2 Å². The Hall–Kier alpha value is -0.960. The number of nitrogens with one attached hydrogen (secondary N) is 1. The molecule has 20 heavy (non-hydrogen) atoms. The predicted molar refractivity (Wildman–Crippen MR) is 76.1 cm³/mol. The molecule has 0 bridgehead atoms. The van der Waals surface area contributed by atoms with Crippen molar-refractivity contribution >= 4 is 27.3 Å². The molecule has 112 valence electrons. The fourth-order valence-corrected chi connectivity index (χ4v) is 4.00. The second-order valence-electron chi connectivity index (χ2n) is 5.18. The van der Waals surface area contributed by atoms with Gasteiger partial charge in [-0.2, -0.15) is 0 Å². The van der Waals surface area contributed by atoms with E-state index >= 15 is 0 Å². The first kappa shape index (κ1) is 15.4. The van der Waals surface area contributed by atoms with E-state index in [4.69, 9.17) is 4.74 Å². The van der Waals surface area contributed by atoms with Crippen LogP contribution in [-0.2, 0) is 19.6 Å². The van der Waals surface area contributed by atoms with Crippen LogP contribution in [0.5, 0.6) is 0 Å². The fraction of sp³-hybridized carbons (Fsp3) is 0.583. The number of sulfonamides is 1. The second kappa shape index (κ2) is 5.80. The standard InChI is InChI=1S/C12H18N2O4S2/c1-12(2)9-14(5-6-18-12)10(15)8-13-20(16,17)11-4-3-7-19-11/h3-4,7,13H,5-6,8-9H2,1-2H3. The molecule has 0 saturated carbocycles. The zero-order valence-corrected chi connectivity index (χ0v) is 13.1. The lowest BCUT2D eigenvalue weighted by Crippen LogP contribution is -2.52. The largest absolute Gasteiger partial charge is 0.372 e. The van der Waals surface area contributed by atoms with Crippen LogP contribution in [-0.4, -0.2) is 51.1 Å². The van der Waals surface area contributed by atoms with Gasteiger partial charge in [0, 0.05) is 13.1 Å². The smallest absolute Gasteiger partial charge is 0.250 e. The lowest BCUT2D eigenvalue weighted by molar-refractivity contribution is -0.144. The molecule has 1 saturated heterocycles. The quantitative estimate of drug-likeness (QED) is 0.885. The number of carbonyl (C=O) groups is 1. The van der Waals surface area contributed by atoms with Gasteiger partial charge in [-0.25, -0.2) is 13.1 Å². The lowest BCUT2D eigenvalue weighted by Gasteiger charge is -2.38. The van der Waals surface area contributed by atoms with Gasteiger partial charge in [-0.15, -0.1) is 11.3 Å². The molecule has 1 aliphatic rings. The monoisotopic (exact) mass is 318 g/mol. The molecule has 1 N–H and O–H groups in total. The van der Waals surface area contributed by atoms with E-state index in [0.717, 1.165) is 11.3 Å². The molecule has 2 heterocycles. The normalized spacial score (nSPS) is 19.0. The number of amides is 1. The zero-order valence-electron chi connectivity index (χ0n) is 11.5. The van der Waals surface area contributed by atoms with Crippen LogP contribution < -0.4 is 4.72 Å². The van der Waals surface area contributed by atoms with E-state index in [1.165, 1.54) is 6.07 Å². The van der Waals surface area contributed by atoms with Crippen molar-refractivity contribution in [1.82, 2.24) is 9.62 Å². The van der Waals surface area contributed by atoms with Gasteiger partial charge in [-0.05, 0) is 25.3 Å². The Morgan fingerprint density at radius 2 is 2.30 bits per heavy atom. The van der Waals surface area contributed by atoms with Crippen LogP contribution in [0.15, 0.2) is 21.7 Å². The number of carbonyl (C=O) groups excluding carboxylic acids is 1. The molecule has 0 atom stereocenters. The molecule has 1 aromatic heterocycles. The van der Waals surface area contributed by atoms with Crippen molar-refractivity contribution in [2.24, 2.45) is 0 Å². The highest BCUT2D eigenvalue weighted by Crippen LogP contribution is 2.17. The molecule has 1 fully saturated rings. The van der Waals surface area contributed by atoms with E-state index in [0.29, 0.717) is 19.7 Å². The number of thiophene rings is 1. The second-order valence-corrected chi connectivity index (χ2v) is 8.12. The Bertz CT molecular complexity index is 566. The summed E-state index contributed by atoms with van der Waals surface area (Å²) in [6, 6.07) is 3.17. The van der Waals surface area contributed by atoms with E-state index in [1.54, 1.807) is 16.3 Å². The van der Waals surface area contributed by atoms with Crippen molar-refractivity contribution in [1.29, 1.82) is 0 Å². The van der Waals surface area contributed by atoms with Crippen molar-refractivity contribution in [3.8, 4) is 0 Å². The Morgan fingerprint density at radius 1 is 1.55 bits per heavy atom. The van der Waals surface area contributed by atoms with Gasteiger partial charge in [-0.1, -0.05) is 6.07 Å². The third kappa shape index (κ3) is 3.78. The minimum Gasteiger partial charge on any atom is -0.372 e. The Kier molecular flexibility index (Phi) is 4.48. The molecule has 0 radical (unpaired) electrons. The van der Waals surface area contributed by atoms with Gasteiger partial charge in [0.25, 0.3) is 10.0 Å². The van der Waals surface area contributed by atoms with E-state index in [-0.39, 0.29) is 22.3 Å². The highest BCUT2D eigenvalue weighted by atomic mass is 32.2. The van der Waals surface area contributed by atoms with Crippen LogP contribution in [0.4, 0.5) is 0 Å². The summed E-state index contributed by atoms with van der Waals surface area (Å²) in [7, 11) is -3.59. The maximum atomic E-state index is 12.0. The summed E-state index contributed by atoms with van der Waals surface area (Å²) in [6.45, 7) is 5.01. The van der Waals surface area contributed by atoms with Gasteiger partial charge in [0.15, 0.2) is 0 Å². The Labute approximate surface area is 122 Å². The minimum absolute atomic E-state index is 0.215. The van der Waals surface area contributed by atoms with Gasteiger partial charge < -0.3 is 9.64 Å². The van der Waals surface area contributed by atoms with E-state index in [2.05, 4.69) is 4.72 Å². The van der Waals surface area contributed by atoms with Crippen LogP contribution in [0.3, 0.4) is 0 Å². The Balaban J connectivity index is 1.93. The van der Waals surface area contributed by atoms with Crippen molar-refractivity contribution in [3.05, 3.63) is 17.5 Å². The number of hydrogen-bond acceptors (Lipinski definition) is 5. The maximum absolute atomic E-state index is 12.0. The number of morpholine rings is 1. The molecule has 6 nitrogen and oxygen atoms in total. The SMILES string of the molecule is CC1(C)CN(C(=O)CNS(=O)(=O)c2cccs2)CCO1. The molecule has 2 rings (SSSR count). The van der Waals surface area contributed by atoms with Gasteiger partial charge in [0.2, 0.25) is 5.91 Å². The summed E-state index contributed by atoms with van der Waals surface area (Å²) in [5, 5.41) is 1.68. The minimum atomic E-state index is -3.59. The summed E-state index contributed by atoms with van der Waals surface area (Å²) < 4.78 is 31.9. The van der Waals surface area contributed by atoms with E-state index in [1.807, 2.05) is 13.8 Å². The topological polar surface area (TPSA) is 75.7 Å². The van der Waals surface area contributed by atoms with E-state index < -0.39 is 10.0 Å². The Morgan fingerprint density at radius 3 is 2.90 bits per heavy atom. The van der Waals surface area contributed by atoms with Crippen LogP contribution in [0, 0.1) is 0 Å². The molecular weight excluding hydrogens is 300 g/mol. The number of nitrogens with zero attached hydrogens (tertiary/aromatic N) is 1. The highest BCUT2D eigenvalue weighted by molar-refractivity contribution is 7.91. The van der Waals surface area contributed by atoms with Crippen LogP contribution in [0.2, 0.25) is 0 Å². The number of ether oxygens (including phenoxy) is 1. The average molecular weight is 318 g/mol. The van der Waals surface area contributed by atoms with Gasteiger partial charge in [0.05, 0.1) is 18.8 Å². The maximum Gasteiger partial charge on any atom is 0.250 e. The first-order valence-corrected chi connectivity index (χ1v) is 8.61. The van der Waals surface area contributed by atoms with Crippen molar-refractivity contribution < 1.29 is 17.9 Å². The molecule has 0 spiro atoms. The molecular formula is C12H18N2O4S2. The fourth-order valence-electron chi connectivity index (χ4n) is 1.99. The third-order valence-corrected chi connectivity index (χ3v) is 5.75. The van der Waals surface area contributed by atoms with Crippen molar-refractivity contribution in [2.45, 2.75) is 23.7 Å². The van der Waals surface area contributed by atoms with Crippen LogP contribution in [0.25, 0.3) is 0 Å². The average Bonchev–Trinajstić information content (AvgIpc) is 2.89. The van der Waals surface area contributed by atoms with Gasteiger partial charge in [0.1, 0.15) is 4.21 Å². The summed E-state index contributed by atoms with van der Waals surface area (Å²) in [5.41, 5.74) is -0.388. The van der Waals surface area contributed by atoms with Gasteiger partial charge in [-0.3, -0.25) is 4.79 Å². The first-order valence-electron chi connectivity index (χ1n) is 6.25. The molecule has 1 aromatic rings. The molecule has 1 aliphatic heterocycles. The van der Waals surface area contributed by atoms with Crippen molar-refractivity contribution in [2.75, 3.05) is 26.2 Å².